The third kappa shape index (κ3) is 5.98. The minimum absolute atomic E-state index is 0.0363. The lowest BCUT2D eigenvalue weighted by Gasteiger charge is -2.24. The number of Topliss-reactive ketones (excluding diaryl/α,β-unsaturated/α-hetero) is 2. The van der Waals surface area contributed by atoms with Crippen molar-refractivity contribution in [3.63, 3.8) is 0 Å². The molecule has 0 heterocycles. The standard InChI is InChI=1S/C14H15FO4.C6H14O3/c1-18-13-6-11(12(15)7-14(13)19-2)8-3-9(16)5-10(17)4-8;1-2-6(3-7,4-8)5-9/h6-8H,3-5H2,1-2H3;7-9H,2-5H2,1H3. The molecular weight excluding hydrogens is 371 g/mol. The van der Waals surface area contributed by atoms with Crippen molar-refractivity contribution in [2.24, 2.45) is 5.41 Å². The molecule has 1 aliphatic rings. The number of ketones is 2. The Morgan fingerprint density at radius 1 is 1.00 bits per heavy atom. The first kappa shape index (κ1) is 24.0. The first-order valence-electron chi connectivity index (χ1n) is 9.07. The fourth-order valence-electron chi connectivity index (χ4n) is 2.87. The highest BCUT2D eigenvalue weighted by atomic mass is 19.1. The number of methoxy groups -OCH3 is 2. The molecule has 0 radical (unpaired) electrons. The van der Waals surface area contributed by atoms with E-state index >= 15 is 0 Å². The van der Waals surface area contributed by atoms with Crippen molar-refractivity contribution in [3.05, 3.63) is 23.5 Å². The minimum atomic E-state index is -0.667. The fraction of sp³-hybridized carbons (Fsp3) is 0.600. The van der Waals surface area contributed by atoms with Gasteiger partial charge in [0, 0.05) is 30.2 Å². The summed E-state index contributed by atoms with van der Waals surface area (Å²) in [5, 5.41) is 26.0. The molecule has 2 rings (SSSR count). The monoisotopic (exact) mass is 400 g/mol. The Kier molecular flexibility index (Phi) is 9.51. The molecule has 1 saturated carbocycles. The quantitative estimate of drug-likeness (QED) is 0.596. The minimum Gasteiger partial charge on any atom is -0.493 e. The molecule has 158 valence electrons. The van der Waals surface area contributed by atoms with Crippen molar-refractivity contribution < 1.29 is 38.8 Å². The van der Waals surface area contributed by atoms with Crippen LogP contribution in [0.15, 0.2) is 12.1 Å². The summed E-state index contributed by atoms with van der Waals surface area (Å²) in [6.07, 6.45) is 0.943. The lowest BCUT2D eigenvalue weighted by Crippen LogP contribution is -2.32. The maximum atomic E-state index is 14.0. The Bertz CT molecular complexity index is 637. The van der Waals surface area contributed by atoms with Gasteiger partial charge in [0.25, 0.3) is 0 Å². The molecule has 0 saturated heterocycles. The van der Waals surface area contributed by atoms with Gasteiger partial charge in [0.2, 0.25) is 0 Å². The lowest BCUT2D eigenvalue weighted by atomic mass is 9.82. The molecule has 1 aliphatic carbocycles. The van der Waals surface area contributed by atoms with Crippen molar-refractivity contribution in [2.75, 3.05) is 34.0 Å². The van der Waals surface area contributed by atoms with E-state index in [1.54, 1.807) is 0 Å². The van der Waals surface area contributed by atoms with Gasteiger partial charge in [-0.2, -0.15) is 0 Å². The van der Waals surface area contributed by atoms with Crippen LogP contribution in [0.5, 0.6) is 11.5 Å². The maximum Gasteiger partial charge on any atom is 0.163 e. The van der Waals surface area contributed by atoms with Crippen LogP contribution in [-0.2, 0) is 9.59 Å². The average Bonchev–Trinajstić information content (AvgIpc) is 2.69. The number of carbonyl (C=O) groups excluding carboxylic acids is 2. The van der Waals surface area contributed by atoms with Crippen molar-refractivity contribution in [2.45, 2.75) is 38.5 Å². The molecule has 1 aromatic rings. The number of benzene rings is 1. The van der Waals surface area contributed by atoms with E-state index in [9.17, 15) is 14.0 Å². The largest absolute Gasteiger partial charge is 0.493 e. The van der Waals surface area contributed by atoms with E-state index < -0.39 is 17.2 Å². The van der Waals surface area contributed by atoms with Gasteiger partial charge in [0.15, 0.2) is 11.5 Å². The molecule has 1 aromatic carbocycles. The first-order valence-corrected chi connectivity index (χ1v) is 9.07. The number of ether oxygens (including phenoxy) is 2. The fourth-order valence-corrected chi connectivity index (χ4v) is 2.87. The predicted octanol–water partition coefficient (Wildman–Crippen LogP) is 1.61. The van der Waals surface area contributed by atoms with Crippen LogP contribution in [0.4, 0.5) is 4.39 Å². The van der Waals surface area contributed by atoms with Gasteiger partial charge in [-0.3, -0.25) is 9.59 Å². The summed E-state index contributed by atoms with van der Waals surface area (Å²) in [6, 6.07) is 2.72. The molecule has 7 nitrogen and oxygen atoms in total. The highest BCUT2D eigenvalue weighted by Crippen LogP contribution is 2.37. The van der Waals surface area contributed by atoms with Crippen molar-refractivity contribution in [3.8, 4) is 11.5 Å². The van der Waals surface area contributed by atoms with Crippen molar-refractivity contribution >= 4 is 11.6 Å². The summed E-state index contributed by atoms with van der Waals surface area (Å²) in [4.78, 5) is 22.9. The van der Waals surface area contributed by atoms with Crippen LogP contribution in [0.3, 0.4) is 0 Å². The summed E-state index contributed by atoms with van der Waals surface area (Å²) in [7, 11) is 2.88. The van der Waals surface area contributed by atoms with Crippen LogP contribution < -0.4 is 9.47 Å². The van der Waals surface area contributed by atoms with E-state index in [-0.39, 0.29) is 56.4 Å². The Morgan fingerprint density at radius 2 is 1.46 bits per heavy atom. The average molecular weight is 400 g/mol. The van der Waals surface area contributed by atoms with Crippen LogP contribution in [0.2, 0.25) is 0 Å². The summed E-state index contributed by atoms with van der Waals surface area (Å²) in [5.41, 5.74) is -0.334. The van der Waals surface area contributed by atoms with Gasteiger partial charge in [0.05, 0.1) is 40.5 Å². The second-order valence-electron chi connectivity index (χ2n) is 6.92. The molecule has 28 heavy (non-hydrogen) atoms. The normalized spacial score (nSPS) is 15.1. The molecule has 0 amide bonds. The van der Waals surface area contributed by atoms with Crippen LogP contribution in [-0.4, -0.2) is 60.9 Å². The van der Waals surface area contributed by atoms with Gasteiger partial charge >= 0.3 is 0 Å². The molecule has 0 aromatic heterocycles. The zero-order chi connectivity index (χ0) is 21.3. The number of hydrogen-bond acceptors (Lipinski definition) is 7. The third-order valence-electron chi connectivity index (χ3n) is 5.04. The second kappa shape index (κ2) is 11.1. The van der Waals surface area contributed by atoms with Gasteiger partial charge in [-0.15, -0.1) is 0 Å². The van der Waals surface area contributed by atoms with Gasteiger partial charge < -0.3 is 24.8 Å². The van der Waals surface area contributed by atoms with E-state index in [2.05, 4.69) is 0 Å². The van der Waals surface area contributed by atoms with E-state index in [1.807, 2.05) is 6.92 Å². The zero-order valence-corrected chi connectivity index (χ0v) is 16.5. The van der Waals surface area contributed by atoms with Gasteiger partial charge in [-0.25, -0.2) is 4.39 Å². The maximum absolute atomic E-state index is 14.0. The van der Waals surface area contributed by atoms with Crippen LogP contribution in [0, 0.1) is 11.2 Å². The predicted molar refractivity (Wildman–Crippen MR) is 100 cm³/mol. The van der Waals surface area contributed by atoms with Gasteiger partial charge in [-0.05, 0) is 18.1 Å². The van der Waals surface area contributed by atoms with Gasteiger partial charge in [-0.1, -0.05) is 6.92 Å². The lowest BCUT2D eigenvalue weighted by molar-refractivity contribution is -0.130. The van der Waals surface area contributed by atoms with Crippen LogP contribution >= 0.6 is 0 Å². The number of carbonyl (C=O) groups is 2. The summed E-state index contributed by atoms with van der Waals surface area (Å²) < 4.78 is 24.2. The number of aliphatic hydroxyl groups is 3. The number of rotatable bonds is 7. The van der Waals surface area contributed by atoms with Gasteiger partial charge in [0.1, 0.15) is 17.4 Å². The summed E-state index contributed by atoms with van der Waals surface area (Å²) in [5.74, 6) is -0.494. The van der Waals surface area contributed by atoms with E-state index in [1.165, 1.54) is 26.4 Å². The summed E-state index contributed by atoms with van der Waals surface area (Å²) in [6.45, 7) is 1.35. The molecule has 0 spiro atoms. The van der Waals surface area contributed by atoms with Crippen LogP contribution in [0.1, 0.15) is 44.1 Å². The molecule has 8 heteroatoms. The Morgan fingerprint density at radius 3 is 1.82 bits per heavy atom. The molecular formula is C20H29FO7. The number of halogens is 1. The Balaban J connectivity index is 0.000000370. The molecule has 3 N–H and O–H groups in total. The number of aliphatic hydroxyl groups excluding tert-OH is 3. The zero-order valence-electron chi connectivity index (χ0n) is 16.5. The highest BCUT2D eigenvalue weighted by Gasteiger charge is 2.29. The molecule has 1 fully saturated rings. The SMILES string of the molecule is CCC(CO)(CO)CO.COc1cc(F)c(C2CC(=O)CC(=O)C2)cc1OC. The Labute approximate surface area is 164 Å². The molecule has 0 atom stereocenters. The van der Waals surface area contributed by atoms with E-state index in [0.717, 1.165) is 0 Å². The number of hydrogen-bond donors (Lipinski definition) is 3. The molecule has 0 unspecified atom stereocenters. The van der Waals surface area contributed by atoms with E-state index in [4.69, 9.17) is 24.8 Å². The highest BCUT2D eigenvalue weighted by molar-refractivity contribution is 6.02. The topological polar surface area (TPSA) is 113 Å². The molecule has 0 aliphatic heterocycles. The smallest absolute Gasteiger partial charge is 0.163 e. The Hall–Kier alpha value is -2.03. The third-order valence-corrected chi connectivity index (χ3v) is 5.04. The summed E-state index contributed by atoms with van der Waals surface area (Å²) >= 11 is 0. The second-order valence-corrected chi connectivity index (χ2v) is 6.92. The van der Waals surface area contributed by atoms with E-state index in [0.29, 0.717) is 17.7 Å². The molecule has 0 bridgehead atoms. The first-order chi connectivity index (χ1) is 13.3. The van der Waals surface area contributed by atoms with Crippen molar-refractivity contribution in [1.29, 1.82) is 0 Å². The van der Waals surface area contributed by atoms with Crippen molar-refractivity contribution in [1.82, 2.24) is 0 Å². The van der Waals surface area contributed by atoms with Crippen LogP contribution in [0.25, 0.3) is 0 Å².